The van der Waals surface area contributed by atoms with E-state index in [0.717, 1.165) is 12.1 Å². The van der Waals surface area contributed by atoms with Crippen LogP contribution in [0, 0.1) is 11.6 Å². The summed E-state index contributed by atoms with van der Waals surface area (Å²) in [7, 11) is 1.33. The Bertz CT molecular complexity index is 550. The summed E-state index contributed by atoms with van der Waals surface area (Å²) in [5.41, 5.74) is 0. The minimum atomic E-state index is -0.841. The van der Waals surface area contributed by atoms with Gasteiger partial charge in [0, 0.05) is 17.2 Å². The number of rotatable bonds is 3. The third-order valence-electron chi connectivity index (χ3n) is 2.22. The summed E-state index contributed by atoms with van der Waals surface area (Å²) < 4.78 is 37.1. The standard InChI is InChI=1S/C13H9ClF2O2/c1-17-10-6-11(15)13(12(16)7-10)18-9-4-2-3-8(14)5-9/h2-7H,1H3. The van der Waals surface area contributed by atoms with Gasteiger partial charge in [-0.15, -0.1) is 0 Å². The molecule has 18 heavy (non-hydrogen) atoms. The molecule has 5 heteroatoms. The Labute approximate surface area is 108 Å². The summed E-state index contributed by atoms with van der Waals surface area (Å²) in [6.45, 7) is 0. The number of halogens is 3. The Hall–Kier alpha value is -1.81. The van der Waals surface area contributed by atoms with Crippen molar-refractivity contribution in [3.8, 4) is 17.2 Å². The fourth-order valence-electron chi connectivity index (χ4n) is 1.40. The molecule has 0 radical (unpaired) electrons. The zero-order valence-electron chi connectivity index (χ0n) is 9.41. The fraction of sp³-hybridized carbons (Fsp3) is 0.0769. The van der Waals surface area contributed by atoms with Crippen LogP contribution in [0.25, 0.3) is 0 Å². The number of methoxy groups -OCH3 is 1. The molecule has 0 unspecified atom stereocenters. The van der Waals surface area contributed by atoms with Crippen LogP contribution in [0.3, 0.4) is 0 Å². The van der Waals surface area contributed by atoms with Crippen LogP contribution in [0.1, 0.15) is 0 Å². The summed E-state index contributed by atoms with van der Waals surface area (Å²) in [4.78, 5) is 0. The highest BCUT2D eigenvalue weighted by atomic mass is 35.5. The van der Waals surface area contributed by atoms with Crippen molar-refractivity contribution in [3.63, 3.8) is 0 Å². The van der Waals surface area contributed by atoms with Crippen molar-refractivity contribution in [2.45, 2.75) is 0 Å². The number of benzene rings is 2. The lowest BCUT2D eigenvalue weighted by atomic mass is 10.3. The van der Waals surface area contributed by atoms with Crippen LogP contribution in [0.4, 0.5) is 8.78 Å². The molecule has 0 aliphatic heterocycles. The lowest BCUT2D eigenvalue weighted by Crippen LogP contribution is -1.94. The molecule has 0 aliphatic carbocycles. The van der Waals surface area contributed by atoms with E-state index < -0.39 is 17.4 Å². The molecule has 0 amide bonds. The van der Waals surface area contributed by atoms with Gasteiger partial charge in [0.05, 0.1) is 7.11 Å². The lowest BCUT2D eigenvalue weighted by molar-refractivity contribution is 0.382. The zero-order valence-corrected chi connectivity index (χ0v) is 10.2. The average molecular weight is 271 g/mol. The topological polar surface area (TPSA) is 18.5 Å². The van der Waals surface area contributed by atoms with Gasteiger partial charge in [-0.25, -0.2) is 8.78 Å². The molecule has 0 fully saturated rings. The van der Waals surface area contributed by atoms with Crippen molar-refractivity contribution in [2.24, 2.45) is 0 Å². The Morgan fingerprint density at radius 2 is 1.67 bits per heavy atom. The maximum atomic E-state index is 13.6. The highest BCUT2D eigenvalue weighted by molar-refractivity contribution is 6.30. The van der Waals surface area contributed by atoms with Crippen LogP contribution in [0.5, 0.6) is 17.2 Å². The van der Waals surface area contributed by atoms with Gasteiger partial charge >= 0.3 is 0 Å². The van der Waals surface area contributed by atoms with E-state index >= 15 is 0 Å². The second-order valence-electron chi connectivity index (χ2n) is 3.48. The molecule has 0 saturated heterocycles. The van der Waals surface area contributed by atoms with Crippen LogP contribution < -0.4 is 9.47 Å². The van der Waals surface area contributed by atoms with Gasteiger partial charge < -0.3 is 9.47 Å². The first-order chi connectivity index (χ1) is 8.60. The molecule has 0 spiro atoms. The zero-order chi connectivity index (χ0) is 13.1. The van der Waals surface area contributed by atoms with Crippen molar-refractivity contribution in [1.29, 1.82) is 0 Å². The summed E-state index contributed by atoms with van der Waals surface area (Å²) >= 11 is 5.75. The Morgan fingerprint density at radius 3 is 2.22 bits per heavy atom. The first kappa shape index (κ1) is 12.6. The SMILES string of the molecule is COc1cc(F)c(Oc2cccc(Cl)c2)c(F)c1. The van der Waals surface area contributed by atoms with E-state index in [2.05, 4.69) is 0 Å². The highest BCUT2D eigenvalue weighted by Gasteiger charge is 2.14. The lowest BCUT2D eigenvalue weighted by Gasteiger charge is -2.09. The molecular weight excluding hydrogens is 262 g/mol. The van der Waals surface area contributed by atoms with Gasteiger partial charge in [0.25, 0.3) is 0 Å². The highest BCUT2D eigenvalue weighted by Crippen LogP contribution is 2.31. The van der Waals surface area contributed by atoms with E-state index in [0.29, 0.717) is 5.02 Å². The third kappa shape index (κ3) is 2.71. The fourth-order valence-corrected chi connectivity index (χ4v) is 1.58. The van der Waals surface area contributed by atoms with Gasteiger partial charge in [0.2, 0.25) is 0 Å². The molecule has 2 nitrogen and oxygen atoms in total. The van der Waals surface area contributed by atoms with Crippen LogP contribution >= 0.6 is 11.6 Å². The van der Waals surface area contributed by atoms with Crippen LogP contribution in [-0.4, -0.2) is 7.11 Å². The van der Waals surface area contributed by atoms with Gasteiger partial charge in [-0.2, -0.15) is 0 Å². The van der Waals surface area contributed by atoms with Gasteiger partial charge in [0.15, 0.2) is 17.4 Å². The molecule has 2 aromatic rings. The predicted molar refractivity (Wildman–Crippen MR) is 64.4 cm³/mol. The summed E-state index contributed by atoms with van der Waals surface area (Å²) in [6.07, 6.45) is 0. The summed E-state index contributed by atoms with van der Waals surface area (Å²) in [5, 5.41) is 0.418. The van der Waals surface area contributed by atoms with Crippen molar-refractivity contribution in [2.75, 3.05) is 7.11 Å². The minimum Gasteiger partial charge on any atom is -0.497 e. The predicted octanol–water partition coefficient (Wildman–Crippen LogP) is 4.42. The van der Waals surface area contributed by atoms with Crippen molar-refractivity contribution in [1.82, 2.24) is 0 Å². The van der Waals surface area contributed by atoms with Gasteiger partial charge in [-0.3, -0.25) is 0 Å². The van der Waals surface area contributed by atoms with Gasteiger partial charge in [-0.1, -0.05) is 17.7 Å². The second kappa shape index (κ2) is 5.23. The monoisotopic (exact) mass is 270 g/mol. The van der Waals surface area contributed by atoms with Crippen molar-refractivity contribution >= 4 is 11.6 Å². The summed E-state index contributed by atoms with van der Waals surface area (Å²) in [5.74, 6) is -1.83. The normalized spacial score (nSPS) is 10.2. The van der Waals surface area contributed by atoms with E-state index in [1.165, 1.54) is 13.2 Å². The van der Waals surface area contributed by atoms with E-state index in [1.807, 2.05) is 0 Å². The third-order valence-corrected chi connectivity index (χ3v) is 2.46. The van der Waals surface area contributed by atoms with E-state index in [1.54, 1.807) is 18.2 Å². The molecule has 0 atom stereocenters. The molecular formula is C13H9ClF2O2. The summed E-state index contributed by atoms with van der Waals surface area (Å²) in [6, 6.07) is 8.36. The largest absolute Gasteiger partial charge is 0.497 e. The van der Waals surface area contributed by atoms with E-state index in [-0.39, 0.29) is 11.5 Å². The Kier molecular flexibility index (Phi) is 3.67. The molecule has 0 bridgehead atoms. The number of hydrogen-bond acceptors (Lipinski definition) is 2. The average Bonchev–Trinajstić information content (AvgIpc) is 2.33. The Morgan fingerprint density at radius 1 is 1.00 bits per heavy atom. The van der Waals surface area contributed by atoms with E-state index in [4.69, 9.17) is 21.1 Å². The molecule has 0 heterocycles. The molecule has 0 saturated carbocycles. The number of hydrogen-bond donors (Lipinski definition) is 0. The minimum absolute atomic E-state index is 0.0865. The molecule has 2 aromatic carbocycles. The molecule has 0 N–H and O–H groups in total. The van der Waals surface area contributed by atoms with Crippen LogP contribution in [-0.2, 0) is 0 Å². The molecule has 2 rings (SSSR count). The Balaban J connectivity index is 2.35. The molecule has 0 aromatic heterocycles. The smallest absolute Gasteiger partial charge is 0.198 e. The van der Waals surface area contributed by atoms with Crippen LogP contribution in [0.2, 0.25) is 5.02 Å². The maximum Gasteiger partial charge on any atom is 0.198 e. The van der Waals surface area contributed by atoms with Crippen molar-refractivity contribution < 1.29 is 18.3 Å². The molecule has 94 valence electrons. The van der Waals surface area contributed by atoms with E-state index in [9.17, 15) is 8.78 Å². The number of ether oxygens (including phenoxy) is 2. The molecule has 0 aliphatic rings. The van der Waals surface area contributed by atoms with Gasteiger partial charge in [-0.05, 0) is 18.2 Å². The first-order valence-corrected chi connectivity index (χ1v) is 5.44. The first-order valence-electron chi connectivity index (χ1n) is 5.06. The second-order valence-corrected chi connectivity index (χ2v) is 3.92. The van der Waals surface area contributed by atoms with Crippen molar-refractivity contribution in [3.05, 3.63) is 53.1 Å². The van der Waals surface area contributed by atoms with Crippen LogP contribution in [0.15, 0.2) is 36.4 Å². The van der Waals surface area contributed by atoms with Gasteiger partial charge in [0.1, 0.15) is 11.5 Å². The maximum absolute atomic E-state index is 13.6. The quantitative estimate of drug-likeness (QED) is 0.822.